The van der Waals surface area contributed by atoms with E-state index in [0.29, 0.717) is 0 Å². The highest BCUT2D eigenvalue weighted by Crippen LogP contribution is 2.03. The van der Waals surface area contributed by atoms with Gasteiger partial charge in [-0.15, -0.1) is 0 Å². The fraction of sp³-hybridized carbons (Fsp3) is 0.800. The summed E-state index contributed by atoms with van der Waals surface area (Å²) in [5.74, 6) is 0.128. The average molecular weight is 310 g/mol. The van der Waals surface area contributed by atoms with Crippen LogP contribution in [0.5, 0.6) is 0 Å². The molecule has 0 radical (unpaired) electrons. The minimum absolute atomic E-state index is 0.0641. The van der Waals surface area contributed by atoms with Crippen LogP contribution in [-0.4, -0.2) is 116 Å². The smallest absolute Gasteiger partial charge is 0.234 e. The first-order chi connectivity index (χ1) is 10.5. The minimum Gasteiger partial charge on any atom is -0.444 e. The molecule has 0 unspecified atom stereocenters. The second-order valence-corrected chi connectivity index (χ2v) is 6.36. The summed E-state index contributed by atoms with van der Waals surface area (Å²) < 4.78 is 0. The number of carbonyl (C=O) groups excluding carboxylic acids is 2. The molecule has 0 aromatic heterocycles. The van der Waals surface area contributed by atoms with Gasteiger partial charge in [0, 0.05) is 52.4 Å². The van der Waals surface area contributed by atoms with E-state index in [-0.39, 0.29) is 24.9 Å². The van der Waals surface area contributed by atoms with Crippen LogP contribution in [-0.2, 0) is 9.59 Å². The molecule has 2 saturated heterocycles. The third kappa shape index (κ3) is 4.93. The molecule has 0 aliphatic carbocycles. The fourth-order valence-electron chi connectivity index (χ4n) is 2.75. The third-order valence-electron chi connectivity index (χ3n) is 4.43. The van der Waals surface area contributed by atoms with E-state index in [2.05, 4.69) is 30.9 Å². The summed E-state index contributed by atoms with van der Waals surface area (Å²) in [6, 6.07) is 0. The van der Waals surface area contributed by atoms with Gasteiger partial charge in [0.15, 0.2) is 0 Å². The molecule has 0 aromatic carbocycles. The number of piperazine rings is 2. The molecule has 7 nitrogen and oxygen atoms in total. The standard InChI is InChI=1S/C15H28N5O2/c1-16-4-8-19(9-5-16)14(21)12-18(3)13-15(22)20-10-6-17(2)7-11-20/h3-13H2,1-2H3/q-1. The van der Waals surface area contributed by atoms with Crippen molar-refractivity contribution in [3.63, 3.8) is 0 Å². The Balaban J connectivity index is 1.71. The van der Waals surface area contributed by atoms with Crippen molar-refractivity contribution in [2.45, 2.75) is 0 Å². The van der Waals surface area contributed by atoms with Gasteiger partial charge in [0.1, 0.15) is 0 Å². The minimum atomic E-state index is 0.0641. The topological polar surface area (TPSA) is 50.3 Å². The lowest BCUT2D eigenvalue weighted by Gasteiger charge is -2.36. The molecule has 2 heterocycles. The Bertz CT molecular complexity index is 351. The SMILES string of the molecule is [CH2-]N(CC(=O)N1CCN(C)CC1)CC(=O)N1CCN(C)CC1. The lowest BCUT2D eigenvalue weighted by molar-refractivity contribution is -0.136. The van der Waals surface area contributed by atoms with E-state index in [1.54, 1.807) is 4.90 Å². The van der Waals surface area contributed by atoms with Crippen LogP contribution >= 0.6 is 0 Å². The molecule has 2 aliphatic heterocycles. The van der Waals surface area contributed by atoms with Crippen LogP contribution in [0.15, 0.2) is 0 Å². The number of likely N-dealkylation sites (N-methyl/N-ethyl adjacent to an activating group) is 2. The molecule has 0 aromatic rings. The van der Waals surface area contributed by atoms with Crippen molar-refractivity contribution in [1.29, 1.82) is 0 Å². The summed E-state index contributed by atoms with van der Waals surface area (Å²) >= 11 is 0. The molecule has 0 atom stereocenters. The normalized spacial score (nSPS) is 21.5. The third-order valence-corrected chi connectivity index (χ3v) is 4.43. The van der Waals surface area contributed by atoms with Gasteiger partial charge in [0.2, 0.25) is 11.8 Å². The van der Waals surface area contributed by atoms with Crippen LogP contribution in [0.4, 0.5) is 0 Å². The molecule has 126 valence electrons. The summed E-state index contributed by atoms with van der Waals surface area (Å²) in [6.45, 7) is 7.08. The summed E-state index contributed by atoms with van der Waals surface area (Å²) in [6.07, 6.45) is 0. The summed E-state index contributed by atoms with van der Waals surface area (Å²) in [5, 5.41) is 0. The lowest BCUT2D eigenvalue weighted by atomic mass is 10.3. The zero-order valence-corrected chi connectivity index (χ0v) is 13.8. The Labute approximate surface area is 133 Å². The molecule has 2 rings (SSSR count). The maximum atomic E-state index is 12.2. The van der Waals surface area contributed by atoms with Gasteiger partial charge in [0.05, 0.1) is 13.1 Å². The van der Waals surface area contributed by atoms with Crippen molar-refractivity contribution in [1.82, 2.24) is 24.5 Å². The highest BCUT2D eigenvalue weighted by Gasteiger charge is 2.21. The largest absolute Gasteiger partial charge is 0.444 e. The molecule has 2 amide bonds. The first-order valence-electron chi connectivity index (χ1n) is 7.94. The van der Waals surface area contributed by atoms with Crippen LogP contribution < -0.4 is 0 Å². The van der Waals surface area contributed by atoms with E-state index in [4.69, 9.17) is 0 Å². The van der Waals surface area contributed by atoms with Crippen molar-refractivity contribution < 1.29 is 9.59 Å². The molecule has 0 bridgehead atoms. The Morgan fingerprint density at radius 1 is 0.773 bits per heavy atom. The Hall–Kier alpha value is -1.18. The van der Waals surface area contributed by atoms with Crippen molar-refractivity contribution >= 4 is 11.8 Å². The van der Waals surface area contributed by atoms with Gasteiger partial charge in [-0.2, -0.15) is 0 Å². The number of rotatable bonds is 4. The first kappa shape index (κ1) is 17.2. The molecule has 0 saturated carbocycles. The summed E-state index contributed by atoms with van der Waals surface area (Å²) in [5.41, 5.74) is 0. The number of nitrogens with zero attached hydrogens (tertiary/aromatic N) is 5. The van der Waals surface area contributed by atoms with Crippen molar-refractivity contribution in [3.8, 4) is 0 Å². The van der Waals surface area contributed by atoms with Gasteiger partial charge in [-0.05, 0) is 14.1 Å². The molecule has 2 fully saturated rings. The van der Waals surface area contributed by atoms with Crippen molar-refractivity contribution in [2.24, 2.45) is 0 Å². The maximum Gasteiger partial charge on any atom is 0.234 e. The van der Waals surface area contributed by atoms with Gasteiger partial charge in [-0.25, -0.2) is 0 Å². The van der Waals surface area contributed by atoms with Gasteiger partial charge in [-0.1, -0.05) is 0 Å². The van der Waals surface area contributed by atoms with E-state index < -0.39 is 0 Å². The molecule has 0 N–H and O–H groups in total. The highest BCUT2D eigenvalue weighted by molar-refractivity contribution is 5.81. The second kappa shape index (κ2) is 7.89. The molecular formula is C15H28N5O2-. The van der Waals surface area contributed by atoms with Crippen LogP contribution in [0, 0.1) is 7.05 Å². The van der Waals surface area contributed by atoms with E-state index in [9.17, 15) is 9.59 Å². The quantitative estimate of drug-likeness (QED) is 0.600. The van der Waals surface area contributed by atoms with E-state index >= 15 is 0 Å². The summed E-state index contributed by atoms with van der Waals surface area (Å²) in [7, 11) is 7.97. The zero-order chi connectivity index (χ0) is 16.1. The number of carbonyl (C=O) groups is 2. The average Bonchev–Trinajstić information content (AvgIpc) is 2.48. The van der Waals surface area contributed by atoms with Crippen LogP contribution in [0.2, 0.25) is 0 Å². The van der Waals surface area contributed by atoms with Crippen molar-refractivity contribution in [2.75, 3.05) is 79.5 Å². The van der Waals surface area contributed by atoms with E-state index in [1.807, 2.05) is 9.80 Å². The number of amides is 2. The molecule has 7 heteroatoms. The molecule has 0 spiro atoms. The fourth-order valence-corrected chi connectivity index (χ4v) is 2.75. The highest BCUT2D eigenvalue weighted by atomic mass is 16.2. The lowest BCUT2D eigenvalue weighted by Crippen LogP contribution is -2.52. The molecular weight excluding hydrogens is 282 g/mol. The first-order valence-corrected chi connectivity index (χ1v) is 7.94. The monoisotopic (exact) mass is 310 g/mol. The molecule has 22 heavy (non-hydrogen) atoms. The number of hydrogen-bond acceptors (Lipinski definition) is 5. The Morgan fingerprint density at radius 2 is 1.09 bits per heavy atom. The van der Waals surface area contributed by atoms with E-state index in [0.717, 1.165) is 52.4 Å². The Morgan fingerprint density at radius 3 is 1.41 bits per heavy atom. The van der Waals surface area contributed by atoms with Crippen molar-refractivity contribution in [3.05, 3.63) is 7.05 Å². The predicted molar refractivity (Wildman–Crippen MR) is 85.1 cm³/mol. The zero-order valence-electron chi connectivity index (χ0n) is 13.8. The Kier molecular flexibility index (Phi) is 6.16. The number of hydrogen-bond donors (Lipinski definition) is 0. The predicted octanol–water partition coefficient (Wildman–Crippen LogP) is -1.37. The van der Waals surface area contributed by atoms with Crippen LogP contribution in [0.25, 0.3) is 0 Å². The van der Waals surface area contributed by atoms with Crippen LogP contribution in [0.1, 0.15) is 0 Å². The molecule has 2 aliphatic rings. The summed E-state index contributed by atoms with van der Waals surface area (Å²) in [4.78, 5) is 34.1. The van der Waals surface area contributed by atoms with Crippen LogP contribution in [0.3, 0.4) is 0 Å². The maximum absolute atomic E-state index is 12.2. The van der Waals surface area contributed by atoms with Gasteiger partial charge < -0.3 is 24.5 Å². The van der Waals surface area contributed by atoms with Gasteiger partial charge in [-0.3, -0.25) is 16.6 Å². The van der Waals surface area contributed by atoms with Gasteiger partial charge >= 0.3 is 0 Å². The second-order valence-electron chi connectivity index (χ2n) is 6.36. The van der Waals surface area contributed by atoms with Gasteiger partial charge in [0.25, 0.3) is 0 Å². The van der Waals surface area contributed by atoms with E-state index in [1.165, 1.54) is 0 Å².